The highest BCUT2D eigenvalue weighted by molar-refractivity contribution is 7.12. The minimum absolute atomic E-state index is 0.175. The van der Waals surface area contributed by atoms with Gasteiger partial charge in [-0.2, -0.15) is 0 Å². The minimum Gasteiger partial charge on any atom is -0.378 e. The van der Waals surface area contributed by atoms with Crippen molar-refractivity contribution >= 4 is 22.9 Å². The van der Waals surface area contributed by atoms with Crippen molar-refractivity contribution in [1.82, 2.24) is 0 Å². The highest BCUT2D eigenvalue weighted by Crippen LogP contribution is 2.42. The average molecular weight is 301 g/mol. The number of rotatable bonds is 5. The average Bonchev–Trinajstić information content (AvgIpc) is 2.74. The van der Waals surface area contributed by atoms with E-state index in [2.05, 4.69) is 39.8 Å². The summed E-state index contributed by atoms with van der Waals surface area (Å²) in [5.74, 6) is 0.749. The molecule has 0 radical (unpaired) electrons. The van der Waals surface area contributed by atoms with Crippen LogP contribution in [-0.4, -0.2) is 12.7 Å². The van der Waals surface area contributed by atoms with Gasteiger partial charge in [-0.3, -0.25) is 0 Å². The molecule has 0 saturated heterocycles. The molecule has 108 valence electrons. The zero-order valence-electron chi connectivity index (χ0n) is 12.4. The van der Waals surface area contributed by atoms with Gasteiger partial charge in [0.15, 0.2) is 0 Å². The molecule has 1 unspecified atom stereocenters. The summed E-state index contributed by atoms with van der Waals surface area (Å²) in [4.78, 5) is 2.75. The highest BCUT2D eigenvalue weighted by atomic mass is 35.5. The highest BCUT2D eigenvalue weighted by Gasteiger charge is 2.31. The second kappa shape index (κ2) is 6.15. The van der Waals surface area contributed by atoms with Gasteiger partial charge < -0.3 is 4.74 Å². The Kier molecular flexibility index (Phi) is 4.97. The Balaban J connectivity index is 1.84. The molecule has 0 aromatic carbocycles. The van der Waals surface area contributed by atoms with Gasteiger partial charge in [0.25, 0.3) is 0 Å². The van der Waals surface area contributed by atoms with Crippen LogP contribution < -0.4 is 0 Å². The molecule has 19 heavy (non-hydrogen) atoms. The van der Waals surface area contributed by atoms with E-state index in [0.29, 0.717) is 6.10 Å². The topological polar surface area (TPSA) is 9.23 Å². The monoisotopic (exact) mass is 300 g/mol. The van der Waals surface area contributed by atoms with Gasteiger partial charge >= 0.3 is 0 Å². The summed E-state index contributed by atoms with van der Waals surface area (Å²) in [6, 6.07) is 4.45. The molecule has 1 aromatic rings. The Labute approximate surface area is 126 Å². The van der Waals surface area contributed by atoms with Gasteiger partial charge in [-0.1, -0.05) is 20.8 Å². The molecule has 0 aliphatic heterocycles. The van der Waals surface area contributed by atoms with Gasteiger partial charge in [0, 0.05) is 16.4 Å². The predicted octanol–water partition coefficient (Wildman–Crippen LogP) is 5.53. The maximum atomic E-state index is 6.57. The lowest BCUT2D eigenvalue weighted by atomic mass is 9.79. The zero-order valence-corrected chi connectivity index (χ0v) is 14.0. The summed E-state index contributed by atoms with van der Waals surface area (Å²) in [5, 5.41) is 0.175. The van der Waals surface area contributed by atoms with Crippen LogP contribution in [-0.2, 0) is 10.2 Å². The number of hydrogen-bond acceptors (Lipinski definition) is 2. The molecule has 1 aromatic heterocycles. The minimum atomic E-state index is 0.175. The molecule has 0 amide bonds. The Hall–Kier alpha value is -0.0500. The molecule has 0 bridgehead atoms. The summed E-state index contributed by atoms with van der Waals surface area (Å²) in [7, 11) is 0. The van der Waals surface area contributed by atoms with Gasteiger partial charge in [0.1, 0.15) is 0 Å². The molecular weight excluding hydrogens is 276 g/mol. The van der Waals surface area contributed by atoms with Crippen molar-refractivity contribution in [2.24, 2.45) is 5.92 Å². The molecule has 1 saturated carbocycles. The van der Waals surface area contributed by atoms with Crippen LogP contribution in [0.15, 0.2) is 12.1 Å². The molecule has 1 nitrogen and oxygen atoms in total. The molecule has 1 atom stereocenters. The van der Waals surface area contributed by atoms with E-state index < -0.39 is 0 Å². The van der Waals surface area contributed by atoms with E-state index in [0.717, 1.165) is 18.9 Å². The van der Waals surface area contributed by atoms with Crippen molar-refractivity contribution in [2.75, 3.05) is 6.61 Å². The normalized spacial score (nSPS) is 25.1. The third-order valence-corrected chi connectivity index (χ3v) is 5.98. The lowest BCUT2D eigenvalue weighted by molar-refractivity contribution is -0.0266. The van der Waals surface area contributed by atoms with Gasteiger partial charge in [-0.25, -0.2) is 0 Å². The largest absolute Gasteiger partial charge is 0.378 e. The van der Waals surface area contributed by atoms with E-state index in [4.69, 9.17) is 16.3 Å². The van der Waals surface area contributed by atoms with Crippen molar-refractivity contribution in [1.29, 1.82) is 0 Å². The summed E-state index contributed by atoms with van der Waals surface area (Å²) in [5.41, 5.74) is 0.232. The van der Waals surface area contributed by atoms with Crippen LogP contribution in [0, 0.1) is 5.92 Å². The summed E-state index contributed by atoms with van der Waals surface area (Å²) in [6.07, 6.45) is 3.96. The second-order valence-electron chi connectivity index (χ2n) is 6.57. The Morgan fingerprint density at radius 3 is 2.58 bits per heavy atom. The first-order valence-corrected chi connectivity index (χ1v) is 8.51. The van der Waals surface area contributed by atoms with Crippen molar-refractivity contribution in [3.05, 3.63) is 21.9 Å². The SMILES string of the molecule is CCOC1CC(CC(Cl)c2ccc(C(C)(C)C)s2)C1. The van der Waals surface area contributed by atoms with Crippen molar-refractivity contribution < 1.29 is 4.74 Å². The van der Waals surface area contributed by atoms with Gasteiger partial charge in [0.2, 0.25) is 0 Å². The van der Waals surface area contributed by atoms with Gasteiger partial charge in [0.05, 0.1) is 11.5 Å². The van der Waals surface area contributed by atoms with Crippen molar-refractivity contribution in [3.8, 4) is 0 Å². The van der Waals surface area contributed by atoms with Crippen LogP contribution in [0.1, 0.15) is 62.1 Å². The van der Waals surface area contributed by atoms with Crippen LogP contribution in [0.2, 0.25) is 0 Å². The van der Waals surface area contributed by atoms with Crippen LogP contribution in [0.4, 0.5) is 0 Å². The first-order chi connectivity index (χ1) is 8.90. The van der Waals surface area contributed by atoms with Crippen LogP contribution in [0.25, 0.3) is 0 Å². The van der Waals surface area contributed by atoms with E-state index in [1.165, 1.54) is 22.6 Å². The number of ether oxygens (including phenoxy) is 1. The third-order valence-electron chi connectivity index (χ3n) is 3.81. The first kappa shape index (κ1) is 15.3. The van der Waals surface area contributed by atoms with E-state index in [-0.39, 0.29) is 10.8 Å². The Bertz CT molecular complexity index is 401. The fourth-order valence-corrected chi connectivity index (χ4v) is 4.09. The Morgan fingerprint density at radius 2 is 2.05 bits per heavy atom. The lowest BCUT2D eigenvalue weighted by Gasteiger charge is -2.35. The fraction of sp³-hybridized carbons (Fsp3) is 0.750. The number of alkyl halides is 1. The summed E-state index contributed by atoms with van der Waals surface area (Å²) < 4.78 is 5.60. The summed E-state index contributed by atoms with van der Waals surface area (Å²) in [6.45, 7) is 9.66. The van der Waals surface area contributed by atoms with Gasteiger partial charge in [-0.15, -0.1) is 22.9 Å². The lowest BCUT2D eigenvalue weighted by Crippen LogP contribution is -2.31. The van der Waals surface area contributed by atoms with E-state index in [1.54, 1.807) is 0 Å². The summed E-state index contributed by atoms with van der Waals surface area (Å²) >= 11 is 8.44. The van der Waals surface area contributed by atoms with Crippen LogP contribution in [0.5, 0.6) is 0 Å². The maximum Gasteiger partial charge on any atom is 0.0681 e. The molecule has 0 N–H and O–H groups in total. The number of hydrogen-bond donors (Lipinski definition) is 0. The molecule has 1 aliphatic carbocycles. The first-order valence-electron chi connectivity index (χ1n) is 7.26. The fourth-order valence-electron chi connectivity index (χ4n) is 2.57. The molecule has 1 heterocycles. The molecule has 1 fully saturated rings. The van der Waals surface area contributed by atoms with Gasteiger partial charge in [-0.05, 0) is 49.7 Å². The van der Waals surface area contributed by atoms with Crippen molar-refractivity contribution in [3.63, 3.8) is 0 Å². The van der Waals surface area contributed by atoms with Crippen LogP contribution >= 0.6 is 22.9 Å². The molecular formula is C16H25ClOS. The van der Waals surface area contributed by atoms with Crippen LogP contribution in [0.3, 0.4) is 0 Å². The van der Waals surface area contributed by atoms with E-state index >= 15 is 0 Å². The third kappa shape index (κ3) is 3.96. The smallest absolute Gasteiger partial charge is 0.0681 e. The molecule has 0 spiro atoms. The standard InChI is InChI=1S/C16H25ClOS/c1-5-18-12-8-11(9-12)10-13(17)14-6-7-15(19-14)16(2,3)4/h6-7,11-13H,5,8-10H2,1-4H3. The zero-order chi connectivity index (χ0) is 14.0. The Morgan fingerprint density at radius 1 is 1.37 bits per heavy atom. The van der Waals surface area contributed by atoms with Crippen molar-refractivity contribution in [2.45, 2.75) is 63.9 Å². The quantitative estimate of drug-likeness (QED) is 0.650. The number of thiophene rings is 1. The second-order valence-corrected chi connectivity index (χ2v) is 8.21. The van der Waals surface area contributed by atoms with E-state index in [1.807, 2.05) is 11.3 Å². The predicted molar refractivity (Wildman–Crippen MR) is 84.4 cm³/mol. The number of halogens is 1. The maximum absolute atomic E-state index is 6.57. The van der Waals surface area contributed by atoms with E-state index in [9.17, 15) is 0 Å². The molecule has 3 heteroatoms. The molecule has 1 aliphatic rings. The molecule has 2 rings (SSSR count).